The van der Waals surface area contributed by atoms with Crippen LogP contribution < -0.4 is 9.47 Å². The van der Waals surface area contributed by atoms with Gasteiger partial charge in [0.1, 0.15) is 17.3 Å². The van der Waals surface area contributed by atoms with Crippen LogP contribution in [0.2, 0.25) is 0 Å². The van der Waals surface area contributed by atoms with Crippen LogP contribution in [0.5, 0.6) is 11.5 Å². The molecule has 1 aromatic heterocycles. The molecular formula is C15H15BrO4. The predicted octanol–water partition coefficient (Wildman–Crippen LogP) is 3.85. The maximum atomic E-state index is 12.6. The van der Waals surface area contributed by atoms with E-state index in [-0.39, 0.29) is 5.78 Å². The molecule has 0 unspecified atom stereocenters. The fraction of sp³-hybridized carbons (Fsp3) is 0.267. The third-order valence-electron chi connectivity index (χ3n) is 3.03. The van der Waals surface area contributed by atoms with Gasteiger partial charge in [-0.3, -0.25) is 4.79 Å². The second kappa shape index (κ2) is 6.13. The molecule has 0 aliphatic rings. The van der Waals surface area contributed by atoms with E-state index in [1.165, 1.54) is 13.4 Å². The number of ether oxygens (including phenoxy) is 2. The highest BCUT2D eigenvalue weighted by molar-refractivity contribution is 9.10. The number of rotatable bonds is 5. The quantitative estimate of drug-likeness (QED) is 0.777. The van der Waals surface area contributed by atoms with E-state index in [0.29, 0.717) is 34.8 Å². The SMILES string of the molecule is CCc1occc1C(=O)c1cc(OC)c(Br)cc1OC. The number of ketones is 1. The number of carbonyl (C=O) groups excluding carboxylic acids is 1. The molecule has 0 saturated heterocycles. The maximum absolute atomic E-state index is 12.6. The Morgan fingerprint density at radius 1 is 1.20 bits per heavy atom. The van der Waals surface area contributed by atoms with Crippen molar-refractivity contribution in [2.75, 3.05) is 14.2 Å². The topological polar surface area (TPSA) is 48.7 Å². The molecule has 4 nitrogen and oxygen atoms in total. The normalized spacial score (nSPS) is 10.4. The van der Waals surface area contributed by atoms with Gasteiger partial charge in [0.05, 0.1) is 36.1 Å². The first-order chi connectivity index (χ1) is 9.62. The summed E-state index contributed by atoms with van der Waals surface area (Å²) >= 11 is 3.37. The van der Waals surface area contributed by atoms with Crippen LogP contribution in [-0.2, 0) is 6.42 Å². The van der Waals surface area contributed by atoms with E-state index in [4.69, 9.17) is 13.9 Å². The average molecular weight is 339 g/mol. The molecule has 106 valence electrons. The molecule has 0 radical (unpaired) electrons. The predicted molar refractivity (Wildman–Crippen MR) is 78.8 cm³/mol. The fourth-order valence-electron chi connectivity index (χ4n) is 2.00. The molecule has 0 atom stereocenters. The summed E-state index contributed by atoms with van der Waals surface area (Å²) in [5.41, 5.74) is 0.999. The minimum Gasteiger partial charge on any atom is -0.496 e. The Morgan fingerprint density at radius 2 is 1.90 bits per heavy atom. The van der Waals surface area contributed by atoms with Gasteiger partial charge in [0.15, 0.2) is 5.78 Å². The lowest BCUT2D eigenvalue weighted by molar-refractivity contribution is 0.103. The summed E-state index contributed by atoms with van der Waals surface area (Å²) in [5, 5.41) is 0. The Hall–Kier alpha value is -1.75. The number of furan rings is 1. The zero-order valence-corrected chi connectivity index (χ0v) is 13.1. The van der Waals surface area contributed by atoms with Crippen LogP contribution in [0.4, 0.5) is 0 Å². The van der Waals surface area contributed by atoms with Crippen molar-refractivity contribution in [1.82, 2.24) is 0 Å². The molecular weight excluding hydrogens is 324 g/mol. The van der Waals surface area contributed by atoms with E-state index < -0.39 is 0 Å². The zero-order valence-electron chi connectivity index (χ0n) is 11.5. The molecule has 2 rings (SSSR count). The number of benzene rings is 1. The number of carbonyl (C=O) groups is 1. The van der Waals surface area contributed by atoms with Gasteiger partial charge in [0.25, 0.3) is 0 Å². The van der Waals surface area contributed by atoms with Crippen molar-refractivity contribution in [3.63, 3.8) is 0 Å². The zero-order chi connectivity index (χ0) is 14.7. The average Bonchev–Trinajstić information content (AvgIpc) is 2.94. The minimum atomic E-state index is -0.141. The van der Waals surface area contributed by atoms with Gasteiger partial charge < -0.3 is 13.9 Å². The van der Waals surface area contributed by atoms with Gasteiger partial charge in [0, 0.05) is 6.42 Å². The molecule has 1 aromatic carbocycles. The first-order valence-electron chi connectivity index (χ1n) is 6.15. The summed E-state index contributed by atoms with van der Waals surface area (Å²) in [4.78, 5) is 12.6. The molecule has 0 aliphatic carbocycles. The van der Waals surface area contributed by atoms with Crippen LogP contribution in [0.25, 0.3) is 0 Å². The molecule has 0 bridgehead atoms. The highest BCUT2D eigenvalue weighted by Crippen LogP contribution is 2.34. The van der Waals surface area contributed by atoms with Crippen LogP contribution in [0.15, 0.2) is 33.4 Å². The highest BCUT2D eigenvalue weighted by Gasteiger charge is 2.21. The standard InChI is InChI=1S/C15H15BrO4/c1-4-12-9(5-6-20-12)15(17)10-7-14(19-3)11(16)8-13(10)18-2/h5-8H,4H2,1-3H3. The third kappa shape index (κ3) is 2.58. The van der Waals surface area contributed by atoms with Gasteiger partial charge >= 0.3 is 0 Å². The molecule has 20 heavy (non-hydrogen) atoms. The van der Waals surface area contributed by atoms with Crippen molar-refractivity contribution in [2.24, 2.45) is 0 Å². The van der Waals surface area contributed by atoms with Crippen molar-refractivity contribution in [1.29, 1.82) is 0 Å². The largest absolute Gasteiger partial charge is 0.496 e. The Morgan fingerprint density at radius 3 is 2.50 bits per heavy atom. The van der Waals surface area contributed by atoms with Crippen molar-refractivity contribution in [2.45, 2.75) is 13.3 Å². The number of hydrogen-bond donors (Lipinski definition) is 0. The van der Waals surface area contributed by atoms with Gasteiger partial charge in [-0.05, 0) is 34.1 Å². The van der Waals surface area contributed by atoms with Crippen LogP contribution in [0.1, 0.15) is 28.6 Å². The lowest BCUT2D eigenvalue weighted by Crippen LogP contribution is -2.06. The maximum Gasteiger partial charge on any atom is 0.200 e. The highest BCUT2D eigenvalue weighted by atomic mass is 79.9. The van der Waals surface area contributed by atoms with Crippen molar-refractivity contribution < 1.29 is 18.7 Å². The second-order valence-electron chi connectivity index (χ2n) is 4.13. The van der Waals surface area contributed by atoms with Gasteiger partial charge in [-0.15, -0.1) is 0 Å². The number of halogens is 1. The van der Waals surface area contributed by atoms with Gasteiger partial charge in [-0.25, -0.2) is 0 Å². The lowest BCUT2D eigenvalue weighted by atomic mass is 10.0. The summed E-state index contributed by atoms with van der Waals surface area (Å²) in [6.45, 7) is 1.94. The molecule has 0 spiro atoms. The van der Waals surface area contributed by atoms with Crippen molar-refractivity contribution >= 4 is 21.7 Å². The van der Waals surface area contributed by atoms with Crippen molar-refractivity contribution in [3.05, 3.63) is 45.8 Å². The third-order valence-corrected chi connectivity index (χ3v) is 3.65. The number of methoxy groups -OCH3 is 2. The number of aryl methyl sites for hydroxylation is 1. The Labute approximate surface area is 125 Å². The summed E-state index contributed by atoms with van der Waals surface area (Å²) in [5.74, 6) is 1.60. The smallest absolute Gasteiger partial charge is 0.200 e. The van der Waals surface area contributed by atoms with E-state index in [2.05, 4.69) is 15.9 Å². The Balaban J connectivity index is 2.53. The summed E-state index contributed by atoms with van der Waals surface area (Å²) < 4.78 is 16.6. The van der Waals surface area contributed by atoms with E-state index in [0.717, 1.165) is 4.47 Å². The molecule has 0 aliphatic heterocycles. The second-order valence-corrected chi connectivity index (χ2v) is 4.98. The van der Waals surface area contributed by atoms with Crippen LogP contribution >= 0.6 is 15.9 Å². The first kappa shape index (κ1) is 14.7. The molecule has 1 heterocycles. The van der Waals surface area contributed by atoms with Gasteiger partial charge in [0.2, 0.25) is 0 Å². The molecule has 0 fully saturated rings. The fourth-order valence-corrected chi connectivity index (χ4v) is 2.48. The van der Waals surface area contributed by atoms with Crippen molar-refractivity contribution in [3.8, 4) is 11.5 Å². The van der Waals surface area contributed by atoms with Crippen LogP contribution in [-0.4, -0.2) is 20.0 Å². The Bertz CT molecular complexity index is 631. The summed E-state index contributed by atoms with van der Waals surface area (Å²) in [6, 6.07) is 5.06. The Kier molecular flexibility index (Phi) is 4.49. The molecule has 0 amide bonds. The van der Waals surface area contributed by atoms with Crippen LogP contribution in [0, 0.1) is 0 Å². The monoisotopic (exact) mass is 338 g/mol. The summed E-state index contributed by atoms with van der Waals surface area (Å²) in [7, 11) is 3.08. The van der Waals surface area contributed by atoms with Gasteiger partial charge in [-0.2, -0.15) is 0 Å². The van der Waals surface area contributed by atoms with Crippen LogP contribution in [0.3, 0.4) is 0 Å². The molecule has 2 aromatic rings. The number of hydrogen-bond acceptors (Lipinski definition) is 4. The van der Waals surface area contributed by atoms with E-state index in [9.17, 15) is 4.79 Å². The molecule has 5 heteroatoms. The van der Waals surface area contributed by atoms with E-state index >= 15 is 0 Å². The van der Waals surface area contributed by atoms with E-state index in [1.807, 2.05) is 6.92 Å². The van der Waals surface area contributed by atoms with E-state index in [1.54, 1.807) is 25.3 Å². The molecule has 0 N–H and O–H groups in total. The lowest BCUT2D eigenvalue weighted by Gasteiger charge is -2.11. The minimum absolute atomic E-state index is 0.141. The first-order valence-corrected chi connectivity index (χ1v) is 6.94. The van der Waals surface area contributed by atoms with Gasteiger partial charge in [-0.1, -0.05) is 6.92 Å². The molecule has 0 saturated carbocycles. The summed E-state index contributed by atoms with van der Waals surface area (Å²) in [6.07, 6.45) is 2.18.